The molecule has 0 bridgehead atoms. The van der Waals surface area contributed by atoms with Crippen LogP contribution in [0.4, 0.5) is 5.69 Å². The van der Waals surface area contributed by atoms with Gasteiger partial charge in [0.2, 0.25) is 0 Å². The molecule has 0 saturated carbocycles. The van der Waals surface area contributed by atoms with E-state index in [2.05, 4.69) is 10.3 Å². The number of hydrogen-bond acceptors (Lipinski definition) is 5. The summed E-state index contributed by atoms with van der Waals surface area (Å²) in [5.74, 6) is 1.89. The molecule has 0 aliphatic carbocycles. The largest absolute Gasteiger partial charge is 0.457 e. The van der Waals surface area contributed by atoms with E-state index in [0.29, 0.717) is 12.3 Å². The summed E-state index contributed by atoms with van der Waals surface area (Å²) in [6.07, 6.45) is 0.769. The molecule has 0 radical (unpaired) electrons. The van der Waals surface area contributed by atoms with Crippen LogP contribution < -0.4 is 10.1 Å². The smallest absolute Gasteiger partial charge is 0.266 e. The average molecular weight is 328 g/mol. The second-order valence-electron chi connectivity index (χ2n) is 4.92. The number of H-pyrrole nitrogens is 1. The van der Waals surface area contributed by atoms with Crippen LogP contribution in [0.5, 0.6) is 11.5 Å². The summed E-state index contributed by atoms with van der Waals surface area (Å²) in [4.78, 5) is 2.97. The molecule has 0 fully saturated rings. The number of aromatic nitrogens is 1. The monoisotopic (exact) mass is 328 g/mol. The summed E-state index contributed by atoms with van der Waals surface area (Å²) < 4.78 is 11.0. The summed E-state index contributed by atoms with van der Waals surface area (Å²) in [7, 11) is 0. The van der Waals surface area contributed by atoms with Crippen molar-refractivity contribution in [3.05, 3.63) is 71.4 Å². The molecule has 1 atom stereocenters. The predicted molar refractivity (Wildman–Crippen MR) is 90.3 cm³/mol. The molecule has 0 aliphatic rings. The second kappa shape index (κ2) is 7.13. The molecule has 1 heterocycles. The van der Waals surface area contributed by atoms with Crippen molar-refractivity contribution in [1.82, 2.24) is 4.98 Å². The van der Waals surface area contributed by atoms with E-state index in [4.69, 9.17) is 21.4 Å². The Morgan fingerprint density at radius 3 is 2.65 bits per heavy atom. The molecule has 3 rings (SSSR count). The highest BCUT2D eigenvalue weighted by atomic mass is 32.1. The molecule has 0 amide bonds. The number of benzene rings is 2. The van der Waals surface area contributed by atoms with Gasteiger partial charge >= 0.3 is 0 Å². The number of oxazole rings is 1. The van der Waals surface area contributed by atoms with Gasteiger partial charge in [-0.15, -0.1) is 0 Å². The lowest BCUT2D eigenvalue weighted by Crippen LogP contribution is -2.11. The number of para-hydroxylation sites is 1. The first kappa shape index (κ1) is 15.3. The minimum atomic E-state index is -0.790. The topological polar surface area (TPSA) is 70.4 Å². The highest BCUT2D eigenvalue weighted by molar-refractivity contribution is 7.71. The van der Waals surface area contributed by atoms with Gasteiger partial charge in [0.05, 0.1) is 0 Å². The quantitative estimate of drug-likeness (QED) is 0.589. The Labute approximate surface area is 138 Å². The third kappa shape index (κ3) is 4.21. The Bertz CT molecular complexity index is 814. The molecule has 0 aliphatic heterocycles. The van der Waals surface area contributed by atoms with Gasteiger partial charge in [-0.1, -0.05) is 24.3 Å². The minimum Gasteiger partial charge on any atom is -0.457 e. The summed E-state index contributed by atoms with van der Waals surface area (Å²) in [6.45, 7) is 0.297. The predicted octanol–water partition coefficient (Wildman–Crippen LogP) is 4.27. The molecule has 3 aromatic rings. The number of aliphatic hydroxyl groups is 1. The normalized spacial score (nSPS) is 11.9. The highest BCUT2D eigenvalue weighted by Gasteiger charge is 2.11. The van der Waals surface area contributed by atoms with E-state index in [9.17, 15) is 5.11 Å². The maximum Gasteiger partial charge on any atom is 0.266 e. The van der Waals surface area contributed by atoms with Crippen molar-refractivity contribution >= 4 is 17.9 Å². The molecular weight excluding hydrogens is 312 g/mol. The van der Waals surface area contributed by atoms with Gasteiger partial charge in [0, 0.05) is 24.5 Å². The van der Waals surface area contributed by atoms with E-state index in [1.54, 1.807) is 6.20 Å². The van der Waals surface area contributed by atoms with Crippen LogP contribution in [0, 0.1) is 4.84 Å². The number of ether oxygens (including phenoxy) is 1. The number of nitrogens with one attached hydrogen (secondary N) is 2. The van der Waals surface area contributed by atoms with Gasteiger partial charge in [0.25, 0.3) is 4.84 Å². The lowest BCUT2D eigenvalue weighted by molar-refractivity contribution is 0.161. The molecule has 1 aromatic heterocycles. The van der Waals surface area contributed by atoms with Crippen LogP contribution in [0.25, 0.3) is 0 Å². The molecule has 3 N–H and O–H groups in total. The molecular formula is C17H16N2O3S. The van der Waals surface area contributed by atoms with Gasteiger partial charge in [-0.05, 0) is 36.5 Å². The van der Waals surface area contributed by atoms with E-state index in [1.165, 1.54) is 0 Å². The fourth-order valence-corrected chi connectivity index (χ4v) is 2.22. The third-order valence-corrected chi connectivity index (χ3v) is 3.38. The minimum absolute atomic E-state index is 0.248. The van der Waals surface area contributed by atoms with Crippen molar-refractivity contribution in [2.45, 2.75) is 6.10 Å². The SMILES string of the molecule is OC(CNc1cccc(Oc2ccccc2)c1)c1c[nH]c(=S)o1. The van der Waals surface area contributed by atoms with Gasteiger partial charge in [0.15, 0.2) is 5.76 Å². The number of rotatable bonds is 6. The number of hydrogen-bond donors (Lipinski definition) is 3. The van der Waals surface area contributed by atoms with Gasteiger partial charge in [-0.25, -0.2) is 0 Å². The summed E-state index contributed by atoms with van der Waals surface area (Å²) in [5, 5.41) is 13.2. The zero-order valence-electron chi connectivity index (χ0n) is 12.2. The zero-order chi connectivity index (χ0) is 16.1. The fourth-order valence-electron chi connectivity index (χ4n) is 2.07. The maximum atomic E-state index is 10.0. The lowest BCUT2D eigenvalue weighted by Gasteiger charge is -2.12. The van der Waals surface area contributed by atoms with E-state index in [0.717, 1.165) is 17.2 Å². The van der Waals surface area contributed by atoms with E-state index in [1.807, 2.05) is 54.6 Å². The van der Waals surface area contributed by atoms with Crippen LogP contribution in [0.1, 0.15) is 11.9 Å². The summed E-state index contributed by atoms with van der Waals surface area (Å²) >= 11 is 4.84. The van der Waals surface area contributed by atoms with Crippen molar-refractivity contribution in [1.29, 1.82) is 0 Å². The van der Waals surface area contributed by atoms with E-state index < -0.39 is 6.10 Å². The molecule has 0 saturated heterocycles. The molecule has 5 nitrogen and oxygen atoms in total. The van der Waals surface area contributed by atoms with Crippen LogP contribution in [-0.2, 0) is 0 Å². The Morgan fingerprint density at radius 1 is 1.13 bits per heavy atom. The van der Waals surface area contributed by atoms with Crippen molar-refractivity contribution in [3.63, 3.8) is 0 Å². The fraction of sp³-hybridized carbons (Fsp3) is 0.118. The van der Waals surface area contributed by atoms with Crippen molar-refractivity contribution in [3.8, 4) is 11.5 Å². The third-order valence-electron chi connectivity index (χ3n) is 3.18. The van der Waals surface area contributed by atoms with Crippen molar-refractivity contribution < 1.29 is 14.3 Å². The Kier molecular flexibility index (Phi) is 4.75. The van der Waals surface area contributed by atoms with Crippen LogP contribution in [0.3, 0.4) is 0 Å². The molecule has 2 aromatic carbocycles. The first-order chi connectivity index (χ1) is 11.2. The molecule has 6 heteroatoms. The zero-order valence-corrected chi connectivity index (χ0v) is 13.0. The summed E-state index contributed by atoms with van der Waals surface area (Å²) in [5.41, 5.74) is 0.839. The number of anilines is 1. The Morgan fingerprint density at radius 2 is 1.91 bits per heavy atom. The van der Waals surface area contributed by atoms with E-state index in [-0.39, 0.29) is 4.84 Å². The van der Waals surface area contributed by atoms with Gasteiger partial charge in [-0.3, -0.25) is 0 Å². The second-order valence-corrected chi connectivity index (χ2v) is 5.29. The Hall–Kier alpha value is -2.57. The first-order valence-electron chi connectivity index (χ1n) is 7.14. The van der Waals surface area contributed by atoms with Crippen molar-refractivity contribution in [2.24, 2.45) is 0 Å². The number of aliphatic hydroxyl groups excluding tert-OH is 1. The van der Waals surface area contributed by atoms with Crippen LogP contribution in [0.15, 0.2) is 65.2 Å². The van der Waals surface area contributed by atoms with Gasteiger partial charge < -0.3 is 24.6 Å². The molecule has 0 spiro atoms. The highest BCUT2D eigenvalue weighted by Crippen LogP contribution is 2.24. The summed E-state index contributed by atoms with van der Waals surface area (Å²) in [6, 6.07) is 17.1. The molecule has 1 unspecified atom stereocenters. The van der Waals surface area contributed by atoms with Crippen LogP contribution >= 0.6 is 12.2 Å². The van der Waals surface area contributed by atoms with Crippen molar-refractivity contribution in [2.75, 3.05) is 11.9 Å². The Balaban J connectivity index is 1.62. The first-order valence-corrected chi connectivity index (χ1v) is 7.55. The van der Waals surface area contributed by atoms with Crippen LogP contribution in [0.2, 0.25) is 0 Å². The maximum absolute atomic E-state index is 10.0. The lowest BCUT2D eigenvalue weighted by atomic mass is 10.2. The average Bonchev–Trinajstić information content (AvgIpc) is 3.01. The standard InChI is InChI=1S/C17H16N2O3S/c20-15(16-11-19-17(23)22-16)10-18-12-5-4-8-14(9-12)21-13-6-2-1-3-7-13/h1-9,11,15,18,20H,10H2,(H,19,23). The number of aromatic amines is 1. The van der Waals surface area contributed by atoms with Crippen LogP contribution in [-0.4, -0.2) is 16.6 Å². The van der Waals surface area contributed by atoms with E-state index >= 15 is 0 Å². The molecule has 118 valence electrons. The molecule has 23 heavy (non-hydrogen) atoms. The van der Waals surface area contributed by atoms with Gasteiger partial charge in [0.1, 0.15) is 17.6 Å². The van der Waals surface area contributed by atoms with Gasteiger partial charge in [-0.2, -0.15) is 0 Å².